The summed E-state index contributed by atoms with van der Waals surface area (Å²) < 4.78 is 18.8. The number of carbonyl (C=O) groups is 1. The predicted octanol–water partition coefficient (Wildman–Crippen LogP) is 4.48. The van der Waals surface area contributed by atoms with E-state index in [-0.39, 0.29) is 17.8 Å². The van der Waals surface area contributed by atoms with Crippen LogP contribution in [-0.4, -0.2) is 12.0 Å². The number of halogens is 1. The van der Waals surface area contributed by atoms with E-state index in [1.807, 2.05) is 45.9 Å². The molecule has 0 bridgehead atoms. The van der Waals surface area contributed by atoms with Gasteiger partial charge in [-0.05, 0) is 68.1 Å². The molecule has 0 aliphatic carbocycles. The Labute approximate surface area is 142 Å². The molecular weight excluding hydrogens is 305 g/mol. The lowest BCUT2D eigenvalue weighted by atomic mass is 10.1. The molecule has 2 unspecified atom stereocenters. The molecule has 3 nitrogen and oxygen atoms in total. The molecule has 4 heteroatoms. The third-order valence-corrected chi connectivity index (χ3v) is 4.15. The van der Waals surface area contributed by atoms with E-state index in [4.69, 9.17) is 4.74 Å². The number of carbonyl (C=O) groups excluding carboxylic acids is 1. The van der Waals surface area contributed by atoms with Gasteiger partial charge in [-0.25, -0.2) is 4.39 Å². The number of benzene rings is 2. The van der Waals surface area contributed by atoms with Gasteiger partial charge in [0.1, 0.15) is 11.6 Å². The quantitative estimate of drug-likeness (QED) is 0.849. The van der Waals surface area contributed by atoms with Crippen LogP contribution in [0.1, 0.15) is 43.0 Å². The van der Waals surface area contributed by atoms with Gasteiger partial charge >= 0.3 is 0 Å². The normalized spacial score (nSPS) is 13.2. The monoisotopic (exact) mass is 329 g/mol. The number of amides is 1. The van der Waals surface area contributed by atoms with Crippen molar-refractivity contribution >= 4 is 5.91 Å². The molecule has 0 fully saturated rings. The summed E-state index contributed by atoms with van der Waals surface area (Å²) in [5.74, 6) is 0.226. The summed E-state index contributed by atoms with van der Waals surface area (Å²) in [6.45, 7) is 7.83. The summed E-state index contributed by atoms with van der Waals surface area (Å²) in [5.41, 5.74) is 3.16. The summed E-state index contributed by atoms with van der Waals surface area (Å²) in [6, 6.07) is 11.7. The molecule has 0 spiro atoms. The Bertz CT molecular complexity index is 697. The van der Waals surface area contributed by atoms with Crippen molar-refractivity contribution in [2.45, 2.75) is 46.3 Å². The Balaban J connectivity index is 2.02. The lowest BCUT2D eigenvalue weighted by Crippen LogP contribution is -2.39. The van der Waals surface area contributed by atoms with E-state index in [1.165, 1.54) is 17.7 Å². The van der Waals surface area contributed by atoms with Crippen LogP contribution in [0.5, 0.6) is 5.75 Å². The van der Waals surface area contributed by atoms with E-state index in [1.54, 1.807) is 12.1 Å². The van der Waals surface area contributed by atoms with Gasteiger partial charge in [0.2, 0.25) is 0 Å². The van der Waals surface area contributed by atoms with Gasteiger partial charge in [-0.3, -0.25) is 4.79 Å². The van der Waals surface area contributed by atoms with Crippen LogP contribution in [0.3, 0.4) is 0 Å². The standard InChI is InChI=1S/C20H24FNO2/c1-5-19(24-18-11-6-13(2)14(3)12-18)20(23)22-15(4)16-7-9-17(21)10-8-16/h6-12,15,19H,5H2,1-4H3,(H,22,23). The van der Waals surface area contributed by atoms with Crippen LogP contribution in [0.15, 0.2) is 42.5 Å². The number of aryl methyl sites for hydroxylation is 2. The Hall–Kier alpha value is -2.36. The highest BCUT2D eigenvalue weighted by atomic mass is 19.1. The van der Waals surface area contributed by atoms with Gasteiger partial charge in [0.25, 0.3) is 5.91 Å². The molecule has 0 aromatic heterocycles. The average molecular weight is 329 g/mol. The average Bonchev–Trinajstić information content (AvgIpc) is 2.56. The summed E-state index contributed by atoms with van der Waals surface area (Å²) in [4.78, 5) is 12.5. The lowest BCUT2D eigenvalue weighted by molar-refractivity contribution is -0.128. The zero-order valence-corrected chi connectivity index (χ0v) is 14.6. The molecule has 1 amide bonds. The smallest absolute Gasteiger partial charge is 0.261 e. The van der Waals surface area contributed by atoms with Gasteiger partial charge in [-0.15, -0.1) is 0 Å². The van der Waals surface area contributed by atoms with Crippen LogP contribution in [-0.2, 0) is 4.79 Å². The second kappa shape index (κ2) is 7.95. The fourth-order valence-electron chi connectivity index (χ4n) is 2.41. The number of nitrogens with one attached hydrogen (secondary N) is 1. The van der Waals surface area contributed by atoms with Gasteiger partial charge in [0.05, 0.1) is 6.04 Å². The topological polar surface area (TPSA) is 38.3 Å². The molecule has 0 saturated carbocycles. The first-order valence-corrected chi connectivity index (χ1v) is 8.20. The first-order valence-electron chi connectivity index (χ1n) is 8.20. The zero-order valence-electron chi connectivity index (χ0n) is 14.6. The molecular formula is C20H24FNO2. The maximum absolute atomic E-state index is 13.0. The van der Waals surface area contributed by atoms with Crippen molar-refractivity contribution in [2.75, 3.05) is 0 Å². The van der Waals surface area contributed by atoms with Crippen LogP contribution < -0.4 is 10.1 Å². The second-order valence-electron chi connectivity index (χ2n) is 6.04. The van der Waals surface area contributed by atoms with E-state index in [9.17, 15) is 9.18 Å². The van der Waals surface area contributed by atoms with E-state index in [0.29, 0.717) is 12.2 Å². The molecule has 0 aliphatic heterocycles. The molecule has 2 rings (SSSR count). The van der Waals surface area contributed by atoms with Gasteiger partial charge in [0, 0.05) is 0 Å². The first-order chi connectivity index (χ1) is 11.4. The maximum Gasteiger partial charge on any atom is 0.261 e. The van der Waals surface area contributed by atoms with Gasteiger partial charge in [-0.2, -0.15) is 0 Å². The number of hydrogen-bond acceptors (Lipinski definition) is 2. The van der Waals surface area contributed by atoms with Crippen molar-refractivity contribution in [1.29, 1.82) is 0 Å². The van der Waals surface area contributed by atoms with E-state index >= 15 is 0 Å². The van der Waals surface area contributed by atoms with Crippen LogP contribution in [0.4, 0.5) is 4.39 Å². The Morgan fingerprint density at radius 1 is 1.12 bits per heavy atom. The molecule has 0 heterocycles. The van der Waals surface area contributed by atoms with Crippen LogP contribution >= 0.6 is 0 Å². The van der Waals surface area contributed by atoms with Crippen LogP contribution in [0.2, 0.25) is 0 Å². The van der Waals surface area contributed by atoms with E-state index in [0.717, 1.165) is 11.1 Å². The molecule has 0 aliphatic rings. The zero-order chi connectivity index (χ0) is 17.7. The van der Waals surface area contributed by atoms with Crippen molar-refractivity contribution in [3.8, 4) is 5.75 Å². The van der Waals surface area contributed by atoms with Crippen molar-refractivity contribution in [3.63, 3.8) is 0 Å². The van der Waals surface area contributed by atoms with Crippen molar-refractivity contribution < 1.29 is 13.9 Å². The third-order valence-electron chi connectivity index (χ3n) is 4.15. The maximum atomic E-state index is 13.0. The number of ether oxygens (including phenoxy) is 1. The molecule has 128 valence electrons. The van der Waals surface area contributed by atoms with Crippen molar-refractivity contribution in [2.24, 2.45) is 0 Å². The molecule has 2 atom stereocenters. The Morgan fingerprint density at radius 2 is 1.79 bits per heavy atom. The molecule has 0 radical (unpaired) electrons. The summed E-state index contributed by atoms with van der Waals surface area (Å²) in [7, 11) is 0. The summed E-state index contributed by atoms with van der Waals surface area (Å²) in [5, 5.41) is 2.93. The fourth-order valence-corrected chi connectivity index (χ4v) is 2.41. The fraction of sp³-hybridized carbons (Fsp3) is 0.350. The molecule has 24 heavy (non-hydrogen) atoms. The van der Waals surface area contributed by atoms with Crippen LogP contribution in [0.25, 0.3) is 0 Å². The highest BCUT2D eigenvalue weighted by molar-refractivity contribution is 5.81. The highest BCUT2D eigenvalue weighted by Crippen LogP contribution is 2.19. The number of hydrogen-bond donors (Lipinski definition) is 1. The molecule has 1 N–H and O–H groups in total. The predicted molar refractivity (Wildman–Crippen MR) is 93.6 cm³/mol. The minimum absolute atomic E-state index is 0.174. The Morgan fingerprint density at radius 3 is 2.38 bits per heavy atom. The summed E-state index contributed by atoms with van der Waals surface area (Å²) >= 11 is 0. The van der Waals surface area contributed by atoms with Crippen molar-refractivity contribution in [1.82, 2.24) is 5.32 Å². The minimum Gasteiger partial charge on any atom is -0.481 e. The minimum atomic E-state index is -0.560. The second-order valence-corrected chi connectivity index (χ2v) is 6.04. The largest absolute Gasteiger partial charge is 0.481 e. The lowest BCUT2D eigenvalue weighted by Gasteiger charge is -2.21. The molecule has 2 aromatic rings. The van der Waals surface area contributed by atoms with Gasteiger partial charge in [0.15, 0.2) is 6.10 Å². The van der Waals surface area contributed by atoms with E-state index < -0.39 is 6.10 Å². The molecule has 0 saturated heterocycles. The Kier molecular flexibility index (Phi) is 5.96. The third kappa shape index (κ3) is 4.57. The van der Waals surface area contributed by atoms with Crippen molar-refractivity contribution in [3.05, 3.63) is 65.0 Å². The van der Waals surface area contributed by atoms with Gasteiger partial charge in [-0.1, -0.05) is 25.1 Å². The highest BCUT2D eigenvalue weighted by Gasteiger charge is 2.20. The SMILES string of the molecule is CCC(Oc1ccc(C)c(C)c1)C(=O)NC(C)c1ccc(F)cc1. The first kappa shape index (κ1) is 18.0. The van der Waals surface area contributed by atoms with E-state index in [2.05, 4.69) is 5.32 Å². The van der Waals surface area contributed by atoms with Gasteiger partial charge < -0.3 is 10.1 Å². The van der Waals surface area contributed by atoms with Crippen LogP contribution in [0, 0.1) is 19.7 Å². The molecule has 2 aromatic carbocycles. The number of rotatable bonds is 6. The summed E-state index contributed by atoms with van der Waals surface area (Å²) in [6.07, 6.45) is 0.00420.